The summed E-state index contributed by atoms with van der Waals surface area (Å²) < 4.78 is 7.01. The zero-order valence-electron chi connectivity index (χ0n) is 10.9. The third-order valence-corrected chi connectivity index (χ3v) is 2.99. The van der Waals surface area contributed by atoms with Gasteiger partial charge in [0.2, 0.25) is 0 Å². The molecule has 4 heteroatoms. The Hall–Kier alpha value is -1.81. The van der Waals surface area contributed by atoms with Crippen LogP contribution >= 0.6 is 0 Å². The van der Waals surface area contributed by atoms with Crippen LogP contribution in [-0.4, -0.2) is 16.9 Å². The number of methoxy groups -OCH3 is 1. The topological polar surface area (TPSA) is 53.1 Å². The summed E-state index contributed by atoms with van der Waals surface area (Å²) in [6, 6.07) is 10.2. The number of nitrogens with zero attached hydrogens (tertiary/aromatic N) is 2. The van der Waals surface area contributed by atoms with Crippen LogP contribution in [0.2, 0.25) is 0 Å². The number of hydrogen-bond acceptors (Lipinski definition) is 3. The second-order valence-electron chi connectivity index (χ2n) is 4.24. The number of ether oxygens (including phenoxy) is 1. The van der Waals surface area contributed by atoms with Crippen LogP contribution in [-0.2, 0) is 24.3 Å². The smallest absolute Gasteiger partial charge is 0.125 e. The first-order valence-corrected chi connectivity index (χ1v) is 6.13. The van der Waals surface area contributed by atoms with Crippen LogP contribution in [0.3, 0.4) is 0 Å². The van der Waals surface area contributed by atoms with Gasteiger partial charge in [-0.15, -0.1) is 0 Å². The Morgan fingerprint density at radius 1 is 1.28 bits per heavy atom. The van der Waals surface area contributed by atoms with Gasteiger partial charge in [0.05, 0.1) is 18.8 Å². The molecule has 1 heterocycles. The van der Waals surface area contributed by atoms with Crippen molar-refractivity contribution in [2.24, 2.45) is 0 Å². The van der Waals surface area contributed by atoms with Crippen LogP contribution in [0, 0.1) is 0 Å². The van der Waals surface area contributed by atoms with Gasteiger partial charge in [-0.25, -0.2) is 4.68 Å². The number of nitrogens with two attached hydrogens (primary N) is 1. The molecule has 0 unspecified atom stereocenters. The third kappa shape index (κ3) is 2.54. The van der Waals surface area contributed by atoms with Crippen LogP contribution < -0.4 is 5.73 Å². The van der Waals surface area contributed by atoms with Gasteiger partial charge in [-0.2, -0.15) is 5.10 Å². The van der Waals surface area contributed by atoms with Gasteiger partial charge in [0, 0.05) is 12.7 Å². The second-order valence-corrected chi connectivity index (χ2v) is 4.24. The number of benzene rings is 1. The van der Waals surface area contributed by atoms with Crippen LogP contribution in [0.25, 0.3) is 0 Å². The molecule has 0 aliphatic carbocycles. The molecule has 0 fully saturated rings. The predicted octanol–water partition coefficient (Wildman–Crippen LogP) is 2.22. The summed E-state index contributed by atoms with van der Waals surface area (Å²) in [6.07, 6.45) is 0.874. The van der Waals surface area contributed by atoms with Gasteiger partial charge in [0.25, 0.3) is 0 Å². The normalized spacial score (nSPS) is 10.8. The molecular weight excluding hydrogens is 226 g/mol. The molecule has 96 valence electrons. The van der Waals surface area contributed by atoms with Crippen molar-refractivity contribution >= 4 is 5.82 Å². The average Bonchev–Trinajstić information content (AvgIpc) is 2.67. The monoisotopic (exact) mass is 245 g/mol. The van der Waals surface area contributed by atoms with Crippen molar-refractivity contribution in [1.82, 2.24) is 9.78 Å². The van der Waals surface area contributed by atoms with E-state index in [0.717, 1.165) is 23.5 Å². The van der Waals surface area contributed by atoms with Gasteiger partial charge in [0.1, 0.15) is 5.82 Å². The minimum absolute atomic E-state index is 0.509. The molecule has 2 N–H and O–H groups in total. The summed E-state index contributed by atoms with van der Waals surface area (Å²) in [6.45, 7) is 3.29. The van der Waals surface area contributed by atoms with E-state index in [-0.39, 0.29) is 0 Å². The molecule has 4 nitrogen and oxygen atoms in total. The van der Waals surface area contributed by atoms with E-state index in [1.165, 1.54) is 5.56 Å². The van der Waals surface area contributed by atoms with Crippen molar-refractivity contribution in [3.8, 4) is 0 Å². The fraction of sp³-hybridized carbons (Fsp3) is 0.357. The molecule has 1 aromatic carbocycles. The zero-order valence-corrected chi connectivity index (χ0v) is 10.9. The van der Waals surface area contributed by atoms with Crippen molar-refractivity contribution in [3.05, 3.63) is 47.2 Å². The number of nitrogen functional groups attached to an aromatic ring is 1. The fourth-order valence-corrected chi connectivity index (χ4v) is 2.08. The predicted molar refractivity (Wildman–Crippen MR) is 72.3 cm³/mol. The van der Waals surface area contributed by atoms with Crippen molar-refractivity contribution in [3.63, 3.8) is 0 Å². The van der Waals surface area contributed by atoms with Gasteiger partial charge in [-0.1, -0.05) is 37.3 Å². The van der Waals surface area contributed by atoms with E-state index in [0.29, 0.717) is 13.2 Å². The van der Waals surface area contributed by atoms with E-state index < -0.39 is 0 Å². The Bertz CT molecular complexity index is 505. The molecule has 0 amide bonds. The highest BCUT2D eigenvalue weighted by atomic mass is 16.5. The Balaban J connectivity index is 2.28. The highest BCUT2D eigenvalue weighted by Crippen LogP contribution is 2.19. The van der Waals surface area contributed by atoms with Gasteiger partial charge in [0.15, 0.2) is 0 Å². The van der Waals surface area contributed by atoms with Crippen molar-refractivity contribution < 1.29 is 4.74 Å². The molecule has 0 saturated carbocycles. The first-order valence-electron chi connectivity index (χ1n) is 6.13. The molecule has 0 atom stereocenters. The maximum Gasteiger partial charge on any atom is 0.125 e. The number of anilines is 1. The molecule has 0 spiro atoms. The molecule has 0 aliphatic heterocycles. The molecule has 0 radical (unpaired) electrons. The minimum atomic E-state index is 0.509. The van der Waals surface area contributed by atoms with Crippen molar-refractivity contribution in [2.75, 3.05) is 12.8 Å². The lowest BCUT2D eigenvalue weighted by molar-refractivity contribution is 0.180. The minimum Gasteiger partial charge on any atom is -0.384 e. The van der Waals surface area contributed by atoms with E-state index in [1.807, 2.05) is 22.9 Å². The van der Waals surface area contributed by atoms with Gasteiger partial charge >= 0.3 is 0 Å². The zero-order chi connectivity index (χ0) is 13.0. The molecule has 0 bridgehead atoms. The lowest BCUT2D eigenvalue weighted by Gasteiger charge is -2.04. The molecule has 0 aliphatic rings. The Morgan fingerprint density at radius 3 is 2.61 bits per heavy atom. The van der Waals surface area contributed by atoms with Crippen LogP contribution in [0.5, 0.6) is 0 Å². The summed E-state index contributed by atoms with van der Waals surface area (Å²) in [4.78, 5) is 0. The van der Waals surface area contributed by atoms with E-state index in [2.05, 4.69) is 24.2 Å². The summed E-state index contributed by atoms with van der Waals surface area (Å²) in [5.74, 6) is 0.744. The van der Waals surface area contributed by atoms with Crippen molar-refractivity contribution in [1.29, 1.82) is 0 Å². The maximum absolute atomic E-state index is 6.14. The SMILES string of the molecule is CCc1c(COC)nn(Cc2ccccc2)c1N. The average molecular weight is 245 g/mol. The second kappa shape index (κ2) is 5.69. The summed E-state index contributed by atoms with van der Waals surface area (Å²) in [7, 11) is 1.67. The lowest BCUT2D eigenvalue weighted by Crippen LogP contribution is -2.06. The Morgan fingerprint density at radius 2 is 2.00 bits per heavy atom. The van der Waals surface area contributed by atoms with Gasteiger partial charge < -0.3 is 10.5 Å². The largest absolute Gasteiger partial charge is 0.384 e. The van der Waals surface area contributed by atoms with E-state index in [4.69, 9.17) is 10.5 Å². The number of rotatable bonds is 5. The van der Waals surface area contributed by atoms with E-state index in [1.54, 1.807) is 7.11 Å². The Labute approximate surface area is 107 Å². The molecule has 1 aromatic heterocycles. The molecule has 18 heavy (non-hydrogen) atoms. The van der Waals surface area contributed by atoms with Crippen LogP contribution in [0.15, 0.2) is 30.3 Å². The van der Waals surface area contributed by atoms with E-state index in [9.17, 15) is 0 Å². The summed E-state index contributed by atoms with van der Waals surface area (Å²) in [5.41, 5.74) is 9.36. The quantitative estimate of drug-likeness (QED) is 0.878. The summed E-state index contributed by atoms with van der Waals surface area (Å²) >= 11 is 0. The van der Waals surface area contributed by atoms with Crippen molar-refractivity contribution in [2.45, 2.75) is 26.5 Å². The number of aromatic nitrogens is 2. The summed E-state index contributed by atoms with van der Waals surface area (Å²) in [5, 5.41) is 4.53. The molecular formula is C14H19N3O. The first-order chi connectivity index (χ1) is 8.76. The van der Waals surface area contributed by atoms with Gasteiger partial charge in [-0.05, 0) is 12.0 Å². The third-order valence-electron chi connectivity index (χ3n) is 2.99. The lowest BCUT2D eigenvalue weighted by atomic mass is 10.2. The molecule has 0 saturated heterocycles. The fourth-order valence-electron chi connectivity index (χ4n) is 2.08. The highest BCUT2D eigenvalue weighted by molar-refractivity contribution is 5.44. The maximum atomic E-state index is 6.14. The number of hydrogen-bond donors (Lipinski definition) is 1. The highest BCUT2D eigenvalue weighted by Gasteiger charge is 2.13. The van der Waals surface area contributed by atoms with Crippen LogP contribution in [0.4, 0.5) is 5.82 Å². The Kier molecular flexibility index (Phi) is 3.99. The molecule has 2 rings (SSSR count). The standard InChI is InChI=1S/C14H19N3O/c1-3-12-13(10-18-2)16-17(14(12)15)9-11-7-5-4-6-8-11/h4-8H,3,9-10,15H2,1-2H3. The van der Waals surface area contributed by atoms with E-state index >= 15 is 0 Å². The first kappa shape index (κ1) is 12.6. The van der Waals surface area contributed by atoms with Crippen LogP contribution in [0.1, 0.15) is 23.7 Å². The molecule has 2 aromatic rings. The van der Waals surface area contributed by atoms with Gasteiger partial charge in [-0.3, -0.25) is 0 Å².